The smallest absolute Gasteiger partial charge is 0.341 e. The van der Waals surface area contributed by atoms with E-state index in [2.05, 4.69) is 19.4 Å². The van der Waals surface area contributed by atoms with Crippen LogP contribution in [0.1, 0.15) is 16.7 Å². The topological polar surface area (TPSA) is 3.24 Å². The molecule has 4 heteroatoms. The van der Waals surface area contributed by atoms with E-state index in [4.69, 9.17) is 0 Å². The summed E-state index contributed by atoms with van der Waals surface area (Å²) < 4.78 is 37.9. The monoisotopic (exact) mass is 290 g/mol. The maximum Gasteiger partial charge on any atom is 0.416 e. The summed E-state index contributed by atoms with van der Waals surface area (Å²) in [4.78, 5) is 2.05. The van der Waals surface area contributed by atoms with Crippen molar-refractivity contribution in [2.24, 2.45) is 0 Å². The zero-order valence-corrected chi connectivity index (χ0v) is 11.6. The highest BCUT2D eigenvalue weighted by Gasteiger charge is 2.30. The van der Waals surface area contributed by atoms with Gasteiger partial charge in [0.1, 0.15) is 0 Å². The maximum atomic E-state index is 12.6. The van der Waals surface area contributed by atoms with Crippen LogP contribution in [0.25, 0.3) is 0 Å². The first-order chi connectivity index (χ1) is 9.97. The van der Waals surface area contributed by atoms with Crippen molar-refractivity contribution in [3.05, 3.63) is 65.6 Å². The Bertz CT molecular complexity index is 644. The van der Waals surface area contributed by atoms with E-state index in [0.29, 0.717) is 6.54 Å². The van der Waals surface area contributed by atoms with Crippen LogP contribution >= 0.6 is 0 Å². The molecule has 0 saturated heterocycles. The summed E-state index contributed by atoms with van der Waals surface area (Å²) in [6.07, 6.45) is -1.24. The molecule has 0 fully saturated rings. The van der Waals surface area contributed by atoms with Gasteiger partial charge in [0.15, 0.2) is 0 Å². The zero-order valence-electron chi connectivity index (χ0n) is 11.6. The Labute approximate surface area is 122 Å². The maximum absolute atomic E-state index is 12.6. The fraction of sp³-hybridized carbons (Fsp3) is 0.235. The first-order valence-corrected chi connectivity index (χ1v) is 6.82. The lowest BCUT2D eigenvalue weighted by Gasteiger charge is -2.32. The molecule has 2 aromatic rings. The minimum absolute atomic E-state index is 0.614. The standard InChI is InChI=1S/C17H15F3N/c1-12-4-2-6-16-15(12)5-3-11-21(16)14-9-7-13(8-10-14)17(18,19)20/h2-4,6-10H,5,11H2,1H3. The number of hydrogen-bond donors (Lipinski definition) is 0. The molecule has 3 rings (SSSR count). The number of hydrogen-bond acceptors (Lipinski definition) is 1. The lowest BCUT2D eigenvalue weighted by Crippen LogP contribution is -2.25. The van der Waals surface area contributed by atoms with E-state index in [1.165, 1.54) is 23.3 Å². The molecule has 1 heterocycles. The number of aryl methyl sites for hydroxylation is 1. The van der Waals surface area contributed by atoms with Crippen molar-refractivity contribution in [2.45, 2.75) is 19.5 Å². The fourth-order valence-corrected chi connectivity index (χ4v) is 2.72. The van der Waals surface area contributed by atoms with Crippen LogP contribution in [0.4, 0.5) is 24.5 Å². The van der Waals surface area contributed by atoms with Crippen LogP contribution in [0.2, 0.25) is 0 Å². The van der Waals surface area contributed by atoms with E-state index in [1.54, 1.807) is 0 Å². The van der Waals surface area contributed by atoms with Crippen LogP contribution in [0.3, 0.4) is 0 Å². The van der Waals surface area contributed by atoms with Crippen LogP contribution in [0.5, 0.6) is 0 Å². The van der Waals surface area contributed by atoms with E-state index in [1.807, 2.05) is 17.0 Å². The lowest BCUT2D eigenvalue weighted by molar-refractivity contribution is -0.137. The van der Waals surface area contributed by atoms with Gasteiger partial charge in [-0.25, -0.2) is 0 Å². The molecule has 109 valence electrons. The summed E-state index contributed by atoms with van der Waals surface area (Å²) in [5, 5.41) is 0. The third kappa shape index (κ3) is 2.62. The average Bonchev–Trinajstić information content (AvgIpc) is 2.46. The molecule has 0 bridgehead atoms. The molecule has 1 radical (unpaired) electrons. The molecule has 1 nitrogen and oxygen atoms in total. The molecule has 1 aliphatic heterocycles. The summed E-state index contributed by atoms with van der Waals surface area (Å²) in [5.74, 6) is 0. The van der Waals surface area contributed by atoms with Crippen molar-refractivity contribution < 1.29 is 13.2 Å². The quantitative estimate of drug-likeness (QED) is 0.721. The highest BCUT2D eigenvalue weighted by molar-refractivity contribution is 5.70. The normalized spacial score (nSPS) is 15.0. The van der Waals surface area contributed by atoms with Crippen molar-refractivity contribution in [1.82, 2.24) is 0 Å². The molecule has 0 saturated carbocycles. The molecule has 0 atom stereocenters. The van der Waals surface area contributed by atoms with Crippen LogP contribution < -0.4 is 4.90 Å². The number of halogens is 3. The van der Waals surface area contributed by atoms with E-state index < -0.39 is 11.7 Å². The Morgan fingerprint density at radius 1 is 1.00 bits per heavy atom. The number of fused-ring (bicyclic) bond motifs is 1. The molecule has 0 aromatic heterocycles. The number of alkyl halides is 3. The molecular weight excluding hydrogens is 275 g/mol. The van der Waals surface area contributed by atoms with Crippen molar-refractivity contribution >= 4 is 11.4 Å². The van der Waals surface area contributed by atoms with Gasteiger partial charge in [-0.05, 0) is 61.2 Å². The van der Waals surface area contributed by atoms with Gasteiger partial charge in [-0.1, -0.05) is 12.1 Å². The predicted octanol–water partition coefficient (Wildman–Crippen LogP) is 4.91. The van der Waals surface area contributed by atoms with Gasteiger partial charge in [0.25, 0.3) is 0 Å². The largest absolute Gasteiger partial charge is 0.416 e. The highest BCUT2D eigenvalue weighted by Crippen LogP contribution is 2.36. The Morgan fingerprint density at radius 2 is 1.71 bits per heavy atom. The molecular formula is C17H15F3N. The van der Waals surface area contributed by atoms with Crippen molar-refractivity contribution in [3.8, 4) is 0 Å². The van der Waals surface area contributed by atoms with Crippen molar-refractivity contribution in [1.29, 1.82) is 0 Å². The minimum atomic E-state index is -4.29. The summed E-state index contributed by atoms with van der Waals surface area (Å²) in [5.41, 5.74) is 3.70. The molecule has 1 aliphatic rings. The summed E-state index contributed by atoms with van der Waals surface area (Å²) in [6.45, 7) is 2.77. The Kier molecular flexibility index (Phi) is 3.40. The van der Waals surface area contributed by atoms with Gasteiger partial charge in [-0.2, -0.15) is 13.2 Å². The first kappa shape index (κ1) is 14.0. The van der Waals surface area contributed by atoms with Crippen LogP contribution in [0.15, 0.2) is 42.5 Å². The van der Waals surface area contributed by atoms with Gasteiger partial charge in [0.05, 0.1) is 5.56 Å². The number of anilines is 2. The van der Waals surface area contributed by atoms with E-state index in [-0.39, 0.29) is 0 Å². The number of benzene rings is 2. The second-order valence-corrected chi connectivity index (χ2v) is 5.22. The minimum Gasteiger partial charge on any atom is -0.341 e. The molecule has 2 aromatic carbocycles. The first-order valence-electron chi connectivity index (χ1n) is 6.82. The van der Waals surface area contributed by atoms with Gasteiger partial charge in [0.2, 0.25) is 0 Å². The van der Waals surface area contributed by atoms with E-state index >= 15 is 0 Å². The summed E-state index contributed by atoms with van der Waals surface area (Å²) in [6, 6.07) is 11.4. The zero-order chi connectivity index (χ0) is 15.0. The van der Waals surface area contributed by atoms with Crippen molar-refractivity contribution in [2.75, 3.05) is 11.4 Å². The number of nitrogens with zero attached hydrogens (tertiary/aromatic N) is 1. The molecule has 0 amide bonds. The Morgan fingerprint density at radius 3 is 2.38 bits per heavy atom. The van der Waals surface area contributed by atoms with E-state index in [0.717, 1.165) is 29.9 Å². The molecule has 21 heavy (non-hydrogen) atoms. The second kappa shape index (κ2) is 5.10. The average molecular weight is 290 g/mol. The third-order valence-electron chi connectivity index (χ3n) is 3.84. The summed E-state index contributed by atoms with van der Waals surface area (Å²) >= 11 is 0. The van der Waals surface area contributed by atoms with Gasteiger partial charge < -0.3 is 4.90 Å². The van der Waals surface area contributed by atoms with Crippen LogP contribution in [-0.4, -0.2) is 6.54 Å². The summed E-state index contributed by atoms with van der Waals surface area (Å²) in [7, 11) is 0. The van der Waals surface area contributed by atoms with Gasteiger partial charge in [0, 0.05) is 17.9 Å². The van der Waals surface area contributed by atoms with Crippen LogP contribution in [-0.2, 0) is 12.6 Å². The molecule has 0 N–H and O–H groups in total. The van der Waals surface area contributed by atoms with Gasteiger partial charge in [-0.15, -0.1) is 0 Å². The van der Waals surface area contributed by atoms with Gasteiger partial charge in [-0.3, -0.25) is 0 Å². The molecule has 0 aliphatic carbocycles. The van der Waals surface area contributed by atoms with Gasteiger partial charge >= 0.3 is 6.18 Å². The Hall–Kier alpha value is -1.97. The SMILES string of the molecule is Cc1cccc2c1C[CH]CN2c1ccc(C(F)(F)F)cc1. The number of rotatable bonds is 1. The predicted molar refractivity (Wildman–Crippen MR) is 77.6 cm³/mol. The third-order valence-corrected chi connectivity index (χ3v) is 3.84. The van der Waals surface area contributed by atoms with Crippen molar-refractivity contribution in [3.63, 3.8) is 0 Å². The second-order valence-electron chi connectivity index (χ2n) is 5.22. The fourth-order valence-electron chi connectivity index (χ4n) is 2.72. The highest BCUT2D eigenvalue weighted by atomic mass is 19.4. The van der Waals surface area contributed by atoms with Crippen LogP contribution in [0, 0.1) is 13.3 Å². The lowest BCUT2D eigenvalue weighted by atomic mass is 9.96. The van der Waals surface area contributed by atoms with E-state index in [9.17, 15) is 13.2 Å². The molecule has 0 spiro atoms. The molecule has 0 unspecified atom stereocenters. The Balaban J connectivity index is 1.98.